The van der Waals surface area contributed by atoms with Crippen LogP contribution in [0, 0.1) is 0 Å². The molecule has 2 aromatic rings. The number of aromatic nitrogens is 4. The number of nitrogens with one attached hydrogen (secondary N) is 1. The molecule has 0 aliphatic heterocycles. The summed E-state index contributed by atoms with van der Waals surface area (Å²) < 4.78 is 2.69. The monoisotopic (exact) mass is 275 g/mol. The molecular formula is C13H17N5O2. The van der Waals surface area contributed by atoms with Gasteiger partial charge in [0, 0.05) is 25.9 Å². The first-order valence-corrected chi connectivity index (χ1v) is 6.44. The molecule has 1 N–H and O–H groups in total. The van der Waals surface area contributed by atoms with E-state index in [1.54, 1.807) is 19.4 Å². The van der Waals surface area contributed by atoms with E-state index in [4.69, 9.17) is 0 Å². The first-order chi connectivity index (χ1) is 9.65. The van der Waals surface area contributed by atoms with Crippen molar-refractivity contribution in [2.75, 3.05) is 12.4 Å². The Labute approximate surface area is 115 Å². The standard InChI is InChI=1S/C13H17N5O2/c1-3-5-17-6-4-12(19)18(13(17)20)9-10-7-16-11(14-2)8-15-10/h4,6-8H,3,5,9H2,1-2H3,(H,14,16). The molecule has 106 valence electrons. The number of anilines is 1. The highest BCUT2D eigenvalue weighted by molar-refractivity contribution is 5.29. The summed E-state index contributed by atoms with van der Waals surface area (Å²) >= 11 is 0. The van der Waals surface area contributed by atoms with E-state index in [9.17, 15) is 9.59 Å². The Bertz CT molecular complexity index is 687. The van der Waals surface area contributed by atoms with Crippen molar-refractivity contribution in [3.63, 3.8) is 0 Å². The molecule has 0 aliphatic carbocycles. The fraction of sp³-hybridized carbons (Fsp3) is 0.385. The molecule has 2 rings (SSSR count). The Hall–Kier alpha value is -2.44. The van der Waals surface area contributed by atoms with E-state index in [0.717, 1.165) is 6.42 Å². The highest BCUT2D eigenvalue weighted by Gasteiger charge is 2.06. The van der Waals surface area contributed by atoms with E-state index in [1.165, 1.54) is 21.4 Å². The number of aryl methyl sites for hydroxylation is 1. The largest absolute Gasteiger partial charge is 0.372 e. The van der Waals surface area contributed by atoms with E-state index >= 15 is 0 Å². The minimum atomic E-state index is -0.332. The Morgan fingerprint density at radius 2 is 2.05 bits per heavy atom. The Morgan fingerprint density at radius 1 is 1.25 bits per heavy atom. The summed E-state index contributed by atoms with van der Waals surface area (Å²) in [4.78, 5) is 32.3. The van der Waals surface area contributed by atoms with Gasteiger partial charge in [-0.2, -0.15) is 0 Å². The molecular weight excluding hydrogens is 258 g/mol. The van der Waals surface area contributed by atoms with Crippen LogP contribution >= 0.6 is 0 Å². The SMILES string of the molecule is CCCn1ccc(=O)n(Cc2cnc(NC)cn2)c1=O. The van der Waals surface area contributed by atoms with Gasteiger partial charge in [-0.25, -0.2) is 9.78 Å². The van der Waals surface area contributed by atoms with Gasteiger partial charge in [0.1, 0.15) is 5.82 Å². The molecule has 0 bridgehead atoms. The van der Waals surface area contributed by atoms with Crippen molar-refractivity contribution in [3.8, 4) is 0 Å². The highest BCUT2D eigenvalue weighted by atomic mass is 16.2. The summed E-state index contributed by atoms with van der Waals surface area (Å²) in [5.74, 6) is 0.637. The van der Waals surface area contributed by atoms with Gasteiger partial charge in [-0.3, -0.25) is 14.3 Å². The molecule has 0 radical (unpaired) electrons. The molecule has 7 heteroatoms. The molecule has 2 heterocycles. The van der Waals surface area contributed by atoms with Crippen molar-refractivity contribution in [1.82, 2.24) is 19.1 Å². The van der Waals surface area contributed by atoms with Gasteiger partial charge in [-0.05, 0) is 6.42 Å². The van der Waals surface area contributed by atoms with E-state index < -0.39 is 0 Å². The van der Waals surface area contributed by atoms with Gasteiger partial charge in [-0.15, -0.1) is 0 Å². The lowest BCUT2D eigenvalue weighted by Gasteiger charge is -2.08. The summed E-state index contributed by atoms with van der Waals surface area (Å²) in [6.07, 6.45) is 5.47. The normalized spacial score (nSPS) is 10.5. The molecule has 20 heavy (non-hydrogen) atoms. The third-order valence-electron chi connectivity index (χ3n) is 2.89. The Kier molecular flexibility index (Phi) is 4.29. The molecule has 7 nitrogen and oxygen atoms in total. The third-order valence-corrected chi connectivity index (χ3v) is 2.89. The van der Waals surface area contributed by atoms with Crippen molar-refractivity contribution in [3.05, 3.63) is 51.2 Å². The molecule has 0 atom stereocenters. The minimum Gasteiger partial charge on any atom is -0.372 e. The van der Waals surface area contributed by atoms with Crippen molar-refractivity contribution >= 4 is 5.82 Å². The van der Waals surface area contributed by atoms with Crippen LogP contribution in [-0.2, 0) is 13.1 Å². The maximum absolute atomic E-state index is 12.2. The average molecular weight is 275 g/mol. The second-order valence-electron chi connectivity index (χ2n) is 4.36. The predicted octanol–water partition coefficient (Wildman–Crippen LogP) is 0.300. The van der Waals surface area contributed by atoms with Crippen LogP contribution < -0.4 is 16.6 Å². The van der Waals surface area contributed by atoms with Crippen LogP contribution in [0.15, 0.2) is 34.2 Å². The molecule has 0 aliphatic rings. The van der Waals surface area contributed by atoms with Crippen molar-refractivity contribution < 1.29 is 0 Å². The van der Waals surface area contributed by atoms with Gasteiger partial charge in [0.2, 0.25) is 0 Å². The van der Waals surface area contributed by atoms with Crippen LogP contribution in [0.2, 0.25) is 0 Å². The van der Waals surface area contributed by atoms with Crippen LogP contribution in [0.4, 0.5) is 5.82 Å². The second kappa shape index (κ2) is 6.14. The number of rotatable bonds is 5. The number of hydrogen-bond donors (Lipinski definition) is 1. The molecule has 0 unspecified atom stereocenters. The smallest absolute Gasteiger partial charge is 0.331 e. The lowest BCUT2D eigenvalue weighted by molar-refractivity contribution is 0.566. The van der Waals surface area contributed by atoms with Crippen LogP contribution in [0.5, 0.6) is 0 Å². The average Bonchev–Trinajstić information content (AvgIpc) is 2.47. The molecule has 0 saturated heterocycles. The first kappa shape index (κ1) is 14.0. The molecule has 0 amide bonds. The van der Waals surface area contributed by atoms with Gasteiger partial charge >= 0.3 is 5.69 Å². The fourth-order valence-corrected chi connectivity index (χ4v) is 1.84. The van der Waals surface area contributed by atoms with Crippen molar-refractivity contribution in [2.45, 2.75) is 26.4 Å². The van der Waals surface area contributed by atoms with Crippen molar-refractivity contribution in [1.29, 1.82) is 0 Å². The van der Waals surface area contributed by atoms with Crippen LogP contribution in [-0.4, -0.2) is 26.1 Å². The maximum Gasteiger partial charge on any atom is 0.331 e. The predicted molar refractivity (Wildman–Crippen MR) is 75.9 cm³/mol. The summed E-state index contributed by atoms with van der Waals surface area (Å²) in [5.41, 5.74) is -0.0851. The zero-order valence-electron chi connectivity index (χ0n) is 11.5. The maximum atomic E-state index is 12.2. The summed E-state index contributed by atoms with van der Waals surface area (Å²) in [6.45, 7) is 2.69. The zero-order chi connectivity index (χ0) is 14.5. The lowest BCUT2D eigenvalue weighted by Crippen LogP contribution is -2.39. The summed E-state index contributed by atoms with van der Waals surface area (Å²) in [5, 5.41) is 2.86. The van der Waals surface area contributed by atoms with Crippen LogP contribution in [0.1, 0.15) is 19.0 Å². The third kappa shape index (κ3) is 2.93. The van der Waals surface area contributed by atoms with Crippen LogP contribution in [0.3, 0.4) is 0 Å². The summed E-state index contributed by atoms with van der Waals surface area (Å²) in [6, 6.07) is 1.40. The molecule has 0 fully saturated rings. The summed E-state index contributed by atoms with van der Waals surface area (Å²) in [7, 11) is 1.74. The van der Waals surface area contributed by atoms with Gasteiger partial charge in [0.05, 0.1) is 24.6 Å². The van der Waals surface area contributed by atoms with Crippen molar-refractivity contribution in [2.24, 2.45) is 0 Å². The molecule has 2 aromatic heterocycles. The second-order valence-corrected chi connectivity index (χ2v) is 4.36. The quantitative estimate of drug-likeness (QED) is 0.848. The lowest BCUT2D eigenvalue weighted by atomic mass is 10.4. The minimum absolute atomic E-state index is 0.124. The van der Waals surface area contributed by atoms with Gasteiger partial charge in [0.25, 0.3) is 5.56 Å². The number of nitrogens with zero attached hydrogens (tertiary/aromatic N) is 4. The van der Waals surface area contributed by atoms with Gasteiger partial charge in [0.15, 0.2) is 0 Å². The molecule has 0 saturated carbocycles. The molecule has 0 aromatic carbocycles. The fourth-order valence-electron chi connectivity index (χ4n) is 1.84. The van der Waals surface area contributed by atoms with Crippen LogP contribution in [0.25, 0.3) is 0 Å². The van der Waals surface area contributed by atoms with Gasteiger partial charge in [-0.1, -0.05) is 6.92 Å². The van der Waals surface area contributed by atoms with Gasteiger partial charge < -0.3 is 9.88 Å². The highest BCUT2D eigenvalue weighted by Crippen LogP contribution is 2.00. The Morgan fingerprint density at radius 3 is 2.65 bits per heavy atom. The topological polar surface area (TPSA) is 81.8 Å². The van der Waals surface area contributed by atoms with E-state index in [2.05, 4.69) is 15.3 Å². The number of hydrogen-bond acceptors (Lipinski definition) is 5. The van der Waals surface area contributed by atoms with E-state index in [0.29, 0.717) is 18.1 Å². The first-order valence-electron chi connectivity index (χ1n) is 6.44. The van der Waals surface area contributed by atoms with E-state index in [-0.39, 0.29) is 17.8 Å². The molecule has 0 spiro atoms. The zero-order valence-corrected chi connectivity index (χ0v) is 11.5. The Balaban J connectivity index is 2.34. The van der Waals surface area contributed by atoms with E-state index in [1.807, 2.05) is 6.92 Å².